The quantitative estimate of drug-likeness (QED) is 0.134. The molecule has 0 saturated heterocycles. The topological polar surface area (TPSA) is 0 Å². The second-order valence-electron chi connectivity index (χ2n) is 20.1. The van der Waals surface area contributed by atoms with E-state index in [4.69, 9.17) is 0 Å². The molecule has 0 aliphatic heterocycles. The van der Waals surface area contributed by atoms with E-state index in [1.165, 1.54) is 102 Å². The number of hydrogen-bond donors (Lipinski definition) is 0. The Balaban J connectivity index is 0.977. The highest BCUT2D eigenvalue weighted by atomic mass is 14.6. The molecule has 324 valence electrons. The van der Waals surface area contributed by atoms with Gasteiger partial charge in [0.2, 0.25) is 0 Å². The van der Waals surface area contributed by atoms with Gasteiger partial charge in [0.05, 0.1) is 0 Å². The van der Waals surface area contributed by atoms with Gasteiger partial charge in [-0.2, -0.15) is 0 Å². The van der Waals surface area contributed by atoms with E-state index in [1.54, 1.807) is 22.3 Å². The van der Waals surface area contributed by atoms with Gasteiger partial charge in [-0.15, -0.1) is 0 Å². The predicted molar refractivity (Wildman–Crippen MR) is 282 cm³/mol. The summed E-state index contributed by atoms with van der Waals surface area (Å²) in [7, 11) is 0. The monoisotopic (exact) mass is 868 g/mol. The molecule has 68 heavy (non-hydrogen) atoms. The van der Waals surface area contributed by atoms with Crippen LogP contribution in [-0.4, -0.2) is 0 Å². The molecule has 0 heterocycles. The summed E-state index contributed by atoms with van der Waals surface area (Å²) in [5.74, 6) is 1.35. The smallest absolute Gasteiger partial charge is 0.0343 e. The van der Waals surface area contributed by atoms with E-state index in [1.807, 2.05) is 0 Å². The van der Waals surface area contributed by atoms with Crippen molar-refractivity contribution in [2.45, 2.75) is 49.4 Å². The number of benzene rings is 10. The lowest BCUT2D eigenvalue weighted by atomic mass is 9.64. The molecule has 1 spiro atoms. The second kappa shape index (κ2) is 15.8. The Kier molecular flexibility index (Phi) is 9.20. The third-order valence-electron chi connectivity index (χ3n) is 16.9. The summed E-state index contributed by atoms with van der Waals surface area (Å²) in [5.41, 5.74) is 25.5. The molecule has 4 aliphatic carbocycles. The van der Waals surface area contributed by atoms with Crippen LogP contribution in [0.2, 0.25) is 0 Å². The third-order valence-corrected chi connectivity index (χ3v) is 16.9. The van der Waals surface area contributed by atoms with Crippen LogP contribution in [0.15, 0.2) is 231 Å². The van der Waals surface area contributed by atoms with E-state index < -0.39 is 0 Å². The lowest BCUT2D eigenvalue weighted by molar-refractivity contribution is 0.345. The fourth-order valence-electron chi connectivity index (χ4n) is 14.3. The van der Waals surface area contributed by atoms with Crippen molar-refractivity contribution in [1.82, 2.24) is 0 Å². The molecule has 4 atom stereocenters. The van der Waals surface area contributed by atoms with Crippen LogP contribution in [0.1, 0.15) is 91.4 Å². The minimum absolute atomic E-state index is 0.0551. The average Bonchev–Trinajstić information content (AvgIpc) is 4.14. The molecule has 0 radical (unpaired) electrons. The maximum atomic E-state index is 2.58. The SMILES string of the molecule is c1ccc(-c2c(-c3ccc(C(c4ccc5c(c4)Cc4ccccc4-5)c4cccc5c4C46c7c(cccc7C(c7ccccc7)c7ccccc7)CC4CCC6C5)cc3)ccc3ccccc23)cc1. The zero-order chi connectivity index (χ0) is 44.8. The van der Waals surface area contributed by atoms with Gasteiger partial charge in [0.25, 0.3) is 0 Å². The molecule has 0 bridgehead atoms. The lowest BCUT2D eigenvalue weighted by Gasteiger charge is -2.39. The third kappa shape index (κ3) is 5.99. The summed E-state index contributed by atoms with van der Waals surface area (Å²) in [6, 6.07) is 88.2. The molecular formula is C68H52. The van der Waals surface area contributed by atoms with Gasteiger partial charge >= 0.3 is 0 Å². The van der Waals surface area contributed by atoms with Crippen LogP contribution in [0.4, 0.5) is 0 Å². The molecule has 10 aromatic rings. The molecule has 0 N–H and O–H groups in total. The molecule has 14 rings (SSSR count). The molecule has 0 amide bonds. The van der Waals surface area contributed by atoms with Crippen LogP contribution in [0.5, 0.6) is 0 Å². The predicted octanol–water partition coefficient (Wildman–Crippen LogP) is 16.5. The van der Waals surface area contributed by atoms with E-state index in [-0.39, 0.29) is 17.3 Å². The highest BCUT2D eigenvalue weighted by Crippen LogP contribution is 2.67. The highest BCUT2D eigenvalue weighted by Gasteiger charge is 2.62. The maximum Gasteiger partial charge on any atom is 0.0343 e. The van der Waals surface area contributed by atoms with E-state index >= 15 is 0 Å². The van der Waals surface area contributed by atoms with E-state index in [0.29, 0.717) is 11.8 Å². The van der Waals surface area contributed by atoms with Crippen LogP contribution < -0.4 is 0 Å². The normalized spacial score (nSPS) is 18.7. The molecular weight excluding hydrogens is 817 g/mol. The molecule has 1 fully saturated rings. The maximum absolute atomic E-state index is 2.58. The van der Waals surface area contributed by atoms with E-state index in [2.05, 4.69) is 231 Å². The molecule has 0 heteroatoms. The van der Waals surface area contributed by atoms with Crippen LogP contribution >= 0.6 is 0 Å². The van der Waals surface area contributed by atoms with Crippen LogP contribution in [0, 0.1) is 11.8 Å². The summed E-state index contributed by atoms with van der Waals surface area (Å²) in [5, 5.41) is 2.55. The van der Waals surface area contributed by atoms with Gasteiger partial charge in [0.1, 0.15) is 0 Å². The largest absolute Gasteiger partial charge is 0.0622 e. The standard InChI is InChI=1S/C68H52/c1-4-17-46(18-5-1)63(47-19-6-2-7-20-47)61-28-14-24-52-42-55-36-37-56-43-53-25-15-29-62(67(53)68(55,56)66(52)61)64(51-35-38-58-54(41-51)40-50-23-11-12-26-57(50)58)49-32-30-45(31-33-49)60-39-34-44-16-10-13-27-59(44)65(60)48-21-8-3-9-22-48/h1-35,38-39,41,55-56,63-64H,36-37,40,42-43H2. The molecule has 10 aromatic carbocycles. The lowest BCUT2D eigenvalue weighted by Crippen LogP contribution is -2.35. The van der Waals surface area contributed by atoms with Crippen molar-refractivity contribution < 1.29 is 0 Å². The van der Waals surface area contributed by atoms with Crippen molar-refractivity contribution in [2.24, 2.45) is 11.8 Å². The van der Waals surface area contributed by atoms with Gasteiger partial charge < -0.3 is 0 Å². The van der Waals surface area contributed by atoms with Crippen molar-refractivity contribution >= 4 is 10.8 Å². The van der Waals surface area contributed by atoms with Crippen LogP contribution in [0.3, 0.4) is 0 Å². The summed E-state index contributed by atoms with van der Waals surface area (Å²) in [6.07, 6.45) is 5.83. The molecule has 4 aliphatic rings. The Morgan fingerprint density at radius 1 is 0.353 bits per heavy atom. The molecule has 4 unspecified atom stereocenters. The number of hydrogen-bond acceptors (Lipinski definition) is 0. The average molecular weight is 869 g/mol. The summed E-state index contributed by atoms with van der Waals surface area (Å²) in [6.45, 7) is 0. The van der Waals surface area contributed by atoms with Crippen molar-refractivity contribution in [3.63, 3.8) is 0 Å². The number of fused-ring (bicyclic) bond motifs is 6. The second-order valence-corrected chi connectivity index (χ2v) is 20.1. The van der Waals surface area contributed by atoms with Crippen molar-refractivity contribution in [3.05, 3.63) is 297 Å². The summed E-state index contributed by atoms with van der Waals surface area (Å²) < 4.78 is 0. The Labute approximate surface area is 400 Å². The van der Waals surface area contributed by atoms with Gasteiger partial charge in [0, 0.05) is 17.3 Å². The Bertz CT molecular complexity index is 3500. The first-order valence-corrected chi connectivity index (χ1v) is 25.0. The van der Waals surface area contributed by atoms with E-state index in [0.717, 1.165) is 19.3 Å². The molecule has 1 saturated carbocycles. The Hall–Kier alpha value is -7.54. The first-order valence-electron chi connectivity index (χ1n) is 25.0. The zero-order valence-corrected chi connectivity index (χ0v) is 38.3. The van der Waals surface area contributed by atoms with Gasteiger partial charge in [-0.05, 0) is 155 Å². The number of rotatable bonds is 8. The zero-order valence-electron chi connectivity index (χ0n) is 38.3. The summed E-state index contributed by atoms with van der Waals surface area (Å²) in [4.78, 5) is 0. The van der Waals surface area contributed by atoms with Gasteiger partial charge in [-0.25, -0.2) is 0 Å². The fraction of sp³-hybridized carbons (Fsp3) is 0.147. The molecule has 0 nitrogen and oxygen atoms in total. The minimum Gasteiger partial charge on any atom is -0.0622 e. The summed E-state index contributed by atoms with van der Waals surface area (Å²) >= 11 is 0. The van der Waals surface area contributed by atoms with E-state index in [9.17, 15) is 0 Å². The molecule has 0 aromatic heterocycles. The highest BCUT2D eigenvalue weighted by molar-refractivity contribution is 6.04. The van der Waals surface area contributed by atoms with Crippen molar-refractivity contribution in [1.29, 1.82) is 0 Å². The minimum atomic E-state index is -0.0551. The van der Waals surface area contributed by atoms with Crippen LogP contribution in [-0.2, 0) is 24.7 Å². The first kappa shape index (κ1) is 39.6. The van der Waals surface area contributed by atoms with Gasteiger partial charge in [0.15, 0.2) is 0 Å². The van der Waals surface area contributed by atoms with Crippen LogP contribution in [0.25, 0.3) is 44.2 Å². The van der Waals surface area contributed by atoms with Crippen molar-refractivity contribution in [2.75, 3.05) is 0 Å². The van der Waals surface area contributed by atoms with Gasteiger partial charge in [-0.1, -0.05) is 231 Å². The Morgan fingerprint density at radius 2 is 0.868 bits per heavy atom. The fourth-order valence-corrected chi connectivity index (χ4v) is 14.3. The Morgan fingerprint density at radius 3 is 1.54 bits per heavy atom. The van der Waals surface area contributed by atoms with Crippen molar-refractivity contribution in [3.8, 4) is 33.4 Å². The first-order chi connectivity index (χ1) is 33.7. The van der Waals surface area contributed by atoms with Gasteiger partial charge in [-0.3, -0.25) is 0 Å².